The van der Waals surface area contributed by atoms with Crippen LogP contribution in [0, 0.1) is 0 Å². The van der Waals surface area contributed by atoms with Crippen LogP contribution in [0.2, 0.25) is 0 Å². The first-order valence-corrected chi connectivity index (χ1v) is 7.02. The van der Waals surface area contributed by atoms with Crippen LogP contribution in [-0.2, 0) is 11.3 Å². The van der Waals surface area contributed by atoms with Crippen LogP contribution >= 0.6 is 27.3 Å². The standard InChI is InChI=1S/C11H17BrN2OS/c1-2-3-4-9(13)11(15)14-7-8-5-6-10(12)16-8/h5-6,9H,2-4,7,13H2,1H3,(H,14,15). The van der Waals surface area contributed by atoms with Gasteiger partial charge in [0.05, 0.1) is 16.4 Å². The highest BCUT2D eigenvalue weighted by Gasteiger charge is 2.12. The van der Waals surface area contributed by atoms with E-state index in [2.05, 4.69) is 28.2 Å². The number of unbranched alkanes of at least 4 members (excludes halogenated alkanes) is 1. The molecule has 0 bridgehead atoms. The molecule has 1 unspecified atom stereocenters. The first-order chi connectivity index (χ1) is 7.63. The SMILES string of the molecule is CCCCC(N)C(=O)NCc1ccc(Br)s1. The number of hydrogen-bond acceptors (Lipinski definition) is 3. The molecule has 0 fully saturated rings. The van der Waals surface area contributed by atoms with Crippen molar-refractivity contribution in [1.82, 2.24) is 5.32 Å². The molecule has 0 aliphatic rings. The number of amides is 1. The fourth-order valence-corrected chi connectivity index (χ4v) is 2.73. The maximum atomic E-state index is 11.6. The lowest BCUT2D eigenvalue weighted by molar-refractivity contribution is -0.122. The second kappa shape index (κ2) is 7.04. The molecule has 0 saturated carbocycles. The molecule has 3 N–H and O–H groups in total. The van der Waals surface area contributed by atoms with Crippen molar-refractivity contribution in [3.63, 3.8) is 0 Å². The number of nitrogens with two attached hydrogens (primary N) is 1. The Kier molecular flexibility index (Phi) is 6.01. The van der Waals surface area contributed by atoms with Crippen molar-refractivity contribution in [2.24, 2.45) is 5.73 Å². The van der Waals surface area contributed by atoms with Crippen LogP contribution in [0.25, 0.3) is 0 Å². The molecule has 1 rings (SSSR count). The molecule has 90 valence electrons. The van der Waals surface area contributed by atoms with Gasteiger partial charge in [0.15, 0.2) is 0 Å². The highest BCUT2D eigenvalue weighted by molar-refractivity contribution is 9.11. The molecule has 0 aromatic carbocycles. The van der Waals surface area contributed by atoms with E-state index in [1.54, 1.807) is 11.3 Å². The van der Waals surface area contributed by atoms with Crippen LogP contribution in [-0.4, -0.2) is 11.9 Å². The summed E-state index contributed by atoms with van der Waals surface area (Å²) in [6.45, 7) is 2.66. The van der Waals surface area contributed by atoms with Crippen LogP contribution in [0.5, 0.6) is 0 Å². The number of rotatable bonds is 6. The van der Waals surface area contributed by atoms with E-state index in [0.717, 1.165) is 27.9 Å². The molecule has 0 saturated heterocycles. The Morgan fingerprint density at radius 1 is 1.62 bits per heavy atom. The van der Waals surface area contributed by atoms with Gasteiger partial charge in [-0.1, -0.05) is 19.8 Å². The quantitative estimate of drug-likeness (QED) is 0.849. The van der Waals surface area contributed by atoms with Crippen LogP contribution in [0.1, 0.15) is 31.1 Å². The second-order valence-corrected chi connectivity index (χ2v) is 6.22. The number of carbonyl (C=O) groups excluding carboxylic acids is 1. The fraction of sp³-hybridized carbons (Fsp3) is 0.545. The zero-order chi connectivity index (χ0) is 12.0. The maximum Gasteiger partial charge on any atom is 0.237 e. The molecule has 0 radical (unpaired) electrons. The van der Waals surface area contributed by atoms with E-state index in [1.165, 1.54) is 0 Å². The van der Waals surface area contributed by atoms with Gasteiger partial charge in [-0.2, -0.15) is 0 Å². The number of halogens is 1. The summed E-state index contributed by atoms with van der Waals surface area (Å²) in [5.41, 5.74) is 5.75. The summed E-state index contributed by atoms with van der Waals surface area (Å²) in [6.07, 6.45) is 2.83. The van der Waals surface area contributed by atoms with Gasteiger partial charge in [-0.25, -0.2) is 0 Å². The molecule has 1 aromatic rings. The van der Waals surface area contributed by atoms with Gasteiger partial charge < -0.3 is 11.1 Å². The van der Waals surface area contributed by atoms with Gasteiger partial charge in [0.2, 0.25) is 5.91 Å². The number of hydrogen-bond donors (Lipinski definition) is 2. The predicted molar refractivity (Wildman–Crippen MR) is 71.4 cm³/mol. The number of carbonyl (C=O) groups is 1. The minimum Gasteiger partial charge on any atom is -0.350 e. The zero-order valence-corrected chi connectivity index (χ0v) is 11.7. The van der Waals surface area contributed by atoms with E-state index in [0.29, 0.717) is 6.54 Å². The second-order valence-electron chi connectivity index (χ2n) is 3.67. The first kappa shape index (κ1) is 13.7. The fourth-order valence-electron chi connectivity index (χ4n) is 1.31. The van der Waals surface area contributed by atoms with E-state index >= 15 is 0 Å². The molecule has 0 spiro atoms. The molecule has 1 amide bonds. The lowest BCUT2D eigenvalue weighted by Crippen LogP contribution is -2.39. The topological polar surface area (TPSA) is 55.1 Å². The molecule has 1 aromatic heterocycles. The zero-order valence-electron chi connectivity index (χ0n) is 9.33. The van der Waals surface area contributed by atoms with Crippen LogP contribution in [0.3, 0.4) is 0 Å². The smallest absolute Gasteiger partial charge is 0.237 e. The highest BCUT2D eigenvalue weighted by Crippen LogP contribution is 2.21. The minimum atomic E-state index is -0.372. The number of nitrogens with one attached hydrogen (secondary N) is 1. The van der Waals surface area contributed by atoms with Crippen molar-refractivity contribution in [3.05, 3.63) is 20.8 Å². The largest absolute Gasteiger partial charge is 0.350 e. The third-order valence-electron chi connectivity index (χ3n) is 2.27. The average Bonchev–Trinajstić information content (AvgIpc) is 2.68. The van der Waals surface area contributed by atoms with E-state index in [1.807, 2.05) is 12.1 Å². The summed E-state index contributed by atoms with van der Waals surface area (Å²) < 4.78 is 1.08. The Balaban J connectivity index is 2.29. The molecule has 5 heteroatoms. The minimum absolute atomic E-state index is 0.0574. The summed E-state index contributed by atoms with van der Waals surface area (Å²) in [4.78, 5) is 12.7. The van der Waals surface area contributed by atoms with E-state index < -0.39 is 0 Å². The molecule has 3 nitrogen and oxygen atoms in total. The van der Waals surface area contributed by atoms with Crippen LogP contribution < -0.4 is 11.1 Å². The monoisotopic (exact) mass is 304 g/mol. The molecule has 1 heterocycles. The maximum absolute atomic E-state index is 11.6. The lowest BCUT2D eigenvalue weighted by Gasteiger charge is -2.10. The predicted octanol–water partition coefficient (Wildman–Crippen LogP) is 2.64. The van der Waals surface area contributed by atoms with Gasteiger partial charge in [-0.05, 0) is 34.5 Å². The van der Waals surface area contributed by atoms with Gasteiger partial charge >= 0.3 is 0 Å². The van der Waals surface area contributed by atoms with Gasteiger partial charge in [0, 0.05) is 4.88 Å². The van der Waals surface area contributed by atoms with E-state index in [-0.39, 0.29) is 11.9 Å². The Morgan fingerprint density at radius 3 is 2.94 bits per heavy atom. The molecule has 0 aliphatic carbocycles. The molecule has 16 heavy (non-hydrogen) atoms. The number of thiophene rings is 1. The molecular formula is C11H17BrN2OS. The summed E-state index contributed by atoms with van der Waals surface area (Å²) in [6, 6.07) is 3.60. The highest BCUT2D eigenvalue weighted by atomic mass is 79.9. The van der Waals surface area contributed by atoms with Gasteiger partial charge in [-0.3, -0.25) is 4.79 Å². The van der Waals surface area contributed by atoms with Crippen molar-refractivity contribution < 1.29 is 4.79 Å². The van der Waals surface area contributed by atoms with Crippen LogP contribution in [0.15, 0.2) is 15.9 Å². The third kappa shape index (κ3) is 4.63. The molecule has 1 atom stereocenters. The van der Waals surface area contributed by atoms with Crippen molar-refractivity contribution >= 4 is 33.2 Å². The van der Waals surface area contributed by atoms with Crippen molar-refractivity contribution in [2.45, 2.75) is 38.8 Å². The summed E-state index contributed by atoms with van der Waals surface area (Å²) in [5, 5.41) is 2.85. The average molecular weight is 305 g/mol. The van der Waals surface area contributed by atoms with Gasteiger partial charge in [-0.15, -0.1) is 11.3 Å². The third-order valence-corrected chi connectivity index (χ3v) is 3.89. The van der Waals surface area contributed by atoms with Gasteiger partial charge in [0.1, 0.15) is 0 Å². The van der Waals surface area contributed by atoms with Gasteiger partial charge in [0.25, 0.3) is 0 Å². The molecule has 0 aliphatic heterocycles. The lowest BCUT2D eigenvalue weighted by atomic mass is 10.1. The summed E-state index contributed by atoms with van der Waals surface area (Å²) in [7, 11) is 0. The van der Waals surface area contributed by atoms with Crippen molar-refractivity contribution in [2.75, 3.05) is 0 Å². The Bertz CT molecular complexity index is 340. The summed E-state index contributed by atoms with van der Waals surface area (Å²) >= 11 is 5.00. The first-order valence-electron chi connectivity index (χ1n) is 5.41. The Labute approximate surface area is 109 Å². The van der Waals surface area contributed by atoms with Crippen molar-refractivity contribution in [1.29, 1.82) is 0 Å². The normalized spacial score (nSPS) is 12.4. The van der Waals surface area contributed by atoms with E-state index in [4.69, 9.17) is 5.73 Å². The van der Waals surface area contributed by atoms with Crippen LogP contribution in [0.4, 0.5) is 0 Å². The van der Waals surface area contributed by atoms with Crippen molar-refractivity contribution in [3.8, 4) is 0 Å². The Morgan fingerprint density at radius 2 is 2.38 bits per heavy atom. The Hall–Kier alpha value is -0.390. The summed E-state index contributed by atoms with van der Waals surface area (Å²) in [5.74, 6) is -0.0574. The van der Waals surface area contributed by atoms with E-state index in [9.17, 15) is 4.79 Å². The molecular weight excluding hydrogens is 288 g/mol.